The average Bonchev–Trinajstić information content (AvgIpc) is 2.82. The van der Waals surface area contributed by atoms with Crippen LogP contribution in [0.25, 0.3) is 0 Å². The second-order valence-corrected chi connectivity index (χ2v) is 6.74. The molecule has 5 nitrogen and oxygen atoms in total. The summed E-state index contributed by atoms with van der Waals surface area (Å²) in [4.78, 5) is 5.24. The molecule has 1 aromatic heterocycles. The van der Waals surface area contributed by atoms with Crippen LogP contribution in [-0.4, -0.2) is 13.4 Å². The summed E-state index contributed by atoms with van der Waals surface area (Å²) >= 11 is 1.44. The van der Waals surface area contributed by atoms with Crippen molar-refractivity contribution in [1.29, 1.82) is 0 Å². The number of hydrogen-bond acceptors (Lipinski definition) is 5. The van der Waals surface area contributed by atoms with E-state index in [9.17, 15) is 8.42 Å². The van der Waals surface area contributed by atoms with Crippen molar-refractivity contribution in [2.75, 3.05) is 0 Å². The molecule has 1 heterocycles. The number of thiazole rings is 1. The van der Waals surface area contributed by atoms with E-state index >= 15 is 0 Å². The molecular formula is C12H15N3O2S2. The van der Waals surface area contributed by atoms with E-state index in [0.29, 0.717) is 6.54 Å². The fraction of sp³-hybridized carbons (Fsp3) is 0.250. The largest absolute Gasteiger partial charge is 0.326 e. The molecule has 3 N–H and O–H groups in total. The Morgan fingerprint density at radius 3 is 2.53 bits per heavy atom. The van der Waals surface area contributed by atoms with Gasteiger partial charge in [0.05, 0.1) is 16.1 Å². The van der Waals surface area contributed by atoms with Gasteiger partial charge in [-0.1, -0.05) is 12.1 Å². The second kappa shape index (κ2) is 5.79. The lowest BCUT2D eigenvalue weighted by Crippen LogP contribution is -2.23. The van der Waals surface area contributed by atoms with Gasteiger partial charge in [0.25, 0.3) is 0 Å². The third kappa shape index (κ3) is 3.38. The average molecular weight is 297 g/mol. The quantitative estimate of drug-likeness (QED) is 0.873. The molecule has 2 rings (SSSR count). The summed E-state index contributed by atoms with van der Waals surface area (Å²) in [5, 5.41) is 0. The predicted octanol–water partition coefficient (Wildman–Crippen LogP) is 1.39. The maximum Gasteiger partial charge on any atom is 0.240 e. The van der Waals surface area contributed by atoms with Crippen LogP contribution in [0.4, 0.5) is 0 Å². The molecule has 7 heteroatoms. The Kier molecular flexibility index (Phi) is 4.31. The zero-order valence-electron chi connectivity index (χ0n) is 10.5. The molecule has 0 saturated carbocycles. The van der Waals surface area contributed by atoms with Gasteiger partial charge in [0.2, 0.25) is 10.0 Å². The molecule has 1 aromatic carbocycles. The van der Waals surface area contributed by atoms with E-state index in [0.717, 1.165) is 16.1 Å². The standard InChI is InChI=1S/C12H15N3O2S2/c1-9-12(18-8-14-9)7-15-19(16,17)11-4-2-10(6-13)3-5-11/h2-5,8,15H,6-7,13H2,1H3. The van der Waals surface area contributed by atoms with E-state index in [1.807, 2.05) is 6.92 Å². The Morgan fingerprint density at radius 1 is 1.32 bits per heavy atom. The summed E-state index contributed by atoms with van der Waals surface area (Å²) < 4.78 is 26.7. The third-order valence-electron chi connectivity index (χ3n) is 2.74. The highest BCUT2D eigenvalue weighted by molar-refractivity contribution is 7.89. The lowest BCUT2D eigenvalue weighted by molar-refractivity contribution is 0.581. The van der Waals surface area contributed by atoms with Crippen LogP contribution in [0.2, 0.25) is 0 Å². The summed E-state index contributed by atoms with van der Waals surface area (Å²) in [5.41, 5.74) is 8.93. The van der Waals surface area contributed by atoms with Gasteiger partial charge in [-0.3, -0.25) is 0 Å². The second-order valence-electron chi connectivity index (χ2n) is 4.03. The zero-order chi connectivity index (χ0) is 13.9. The van der Waals surface area contributed by atoms with E-state index in [2.05, 4.69) is 9.71 Å². The van der Waals surface area contributed by atoms with Gasteiger partial charge >= 0.3 is 0 Å². The normalized spacial score (nSPS) is 11.7. The topological polar surface area (TPSA) is 85.1 Å². The monoisotopic (exact) mass is 297 g/mol. The molecule has 0 atom stereocenters. The minimum atomic E-state index is -3.49. The van der Waals surface area contributed by atoms with Crippen LogP contribution in [0.15, 0.2) is 34.7 Å². The maximum absolute atomic E-state index is 12.1. The minimum absolute atomic E-state index is 0.242. The van der Waals surface area contributed by atoms with Gasteiger partial charge in [-0.05, 0) is 24.6 Å². The highest BCUT2D eigenvalue weighted by atomic mass is 32.2. The number of nitrogens with one attached hydrogen (secondary N) is 1. The summed E-state index contributed by atoms with van der Waals surface area (Å²) in [6, 6.07) is 6.55. The zero-order valence-corrected chi connectivity index (χ0v) is 12.1. The molecule has 0 aliphatic carbocycles. The van der Waals surface area contributed by atoms with E-state index < -0.39 is 10.0 Å². The number of rotatable bonds is 5. The van der Waals surface area contributed by atoms with Gasteiger partial charge < -0.3 is 5.73 Å². The highest BCUT2D eigenvalue weighted by Gasteiger charge is 2.14. The molecule has 0 aliphatic rings. The Morgan fingerprint density at radius 2 is 2.00 bits per heavy atom. The number of hydrogen-bond donors (Lipinski definition) is 2. The first-order valence-electron chi connectivity index (χ1n) is 5.70. The van der Waals surface area contributed by atoms with Crippen LogP contribution in [0.1, 0.15) is 16.1 Å². The van der Waals surface area contributed by atoms with Crippen molar-refractivity contribution < 1.29 is 8.42 Å². The van der Waals surface area contributed by atoms with Crippen molar-refractivity contribution in [2.45, 2.75) is 24.9 Å². The predicted molar refractivity (Wildman–Crippen MR) is 75.2 cm³/mol. The first kappa shape index (κ1) is 14.1. The van der Waals surface area contributed by atoms with Crippen molar-refractivity contribution >= 4 is 21.4 Å². The lowest BCUT2D eigenvalue weighted by atomic mass is 10.2. The molecule has 19 heavy (non-hydrogen) atoms. The summed E-state index contributed by atoms with van der Waals surface area (Å²) in [6.45, 7) is 2.52. The smallest absolute Gasteiger partial charge is 0.240 e. The fourth-order valence-electron chi connectivity index (χ4n) is 1.54. The third-order valence-corrected chi connectivity index (χ3v) is 5.09. The molecule has 102 valence electrons. The number of aryl methyl sites for hydroxylation is 1. The van der Waals surface area contributed by atoms with Crippen LogP contribution in [0, 0.1) is 6.92 Å². The lowest BCUT2D eigenvalue weighted by Gasteiger charge is -2.06. The van der Waals surface area contributed by atoms with Crippen LogP contribution >= 0.6 is 11.3 Å². The molecule has 0 spiro atoms. The van der Waals surface area contributed by atoms with Crippen molar-refractivity contribution in [3.05, 3.63) is 45.9 Å². The first-order chi connectivity index (χ1) is 9.03. The summed E-state index contributed by atoms with van der Waals surface area (Å²) in [7, 11) is -3.49. The summed E-state index contributed by atoms with van der Waals surface area (Å²) in [5.74, 6) is 0. The van der Waals surface area contributed by atoms with Crippen LogP contribution < -0.4 is 10.5 Å². The highest BCUT2D eigenvalue weighted by Crippen LogP contribution is 2.14. The van der Waals surface area contributed by atoms with Gasteiger partial charge in [0.1, 0.15) is 0 Å². The number of nitrogens with zero attached hydrogens (tertiary/aromatic N) is 1. The molecule has 0 bridgehead atoms. The Hall–Kier alpha value is -1.28. The van der Waals surface area contributed by atoms with E-state index in [1.165, 1.54) is 11.3 Å². The molecule has 0 fully saturated rings. The molecule has 0 amide bonds. The first-order valence-corrected chi connectivity index (χ1v) is 8.07. The minimum Gasteiger partial charge on any atom is -0.326 e. The Balaban J connectivity index is 2.11. The van der Waals surface area contributed by atoms with Crippen LogP contribution in [-0.2, 0) is 23.1 Å². The molecule has 0 unspecified atom stereocenters. The molecule has 2 aromatic rings. The van der Waals surface area contributed by atoms with Gasteiger partial charge in [0.15, 0.2) is 0 Å². The van der Waals surface area contributed by atoms with Crippen molar-refractivity contribution in [1.82, 2.24) is 9.71 Å². The van der Waals surface area contributed by atoms with Crippen LogP contribution in [0.3, 0.4) is 0 Å². The molecular weight excluding hydrogens is 282 g/mol. The van der Waals surface area contributed by atoms with E-state index in [-0.39, 0.29) is 11.4 Å². The Bertz CT molecular complexity index is 648. The maximum atomic E-state index is 12.1. The van der Waals surface area contributed by atoms with Crippen LogP contribution in [0.5, 0.6) is 0 Å². The molecule has 0 saturated heterocycles. The number of aromatic nitrogens is 1. The number of sulfonamides is 1. The SMILES string of the molecule is Cc1ncsc1CNS(=O)(=O)c1ccc(CN)cc1. The van der Waals surface area contributed by atoms with Crippen molar-refractivity contribution in [2.24, 2.45) is 5.73 Å². The summed E-state index contributed by atoms with van der Waals surface area (Å²) in [6.07, 6.45) is 0. The van der Waals surface area contributed by atoms with E-state index in [4.69, 9.17) is 5.73 Å². The van der Waals surface area contributed by atoms with Crippen molar-refractivity contribution in [3.63, 3.8) is 0 Å². The van der Waals surface area contributed by atoms with Crippen molar-refractivity contribution in [3.8, 4) is 0 Å². The molecule has 0 aliphatic heterocycles. The molecule has 0 radical (unpaired) electrons. The van der Waals surface area contributed by atoms with Gasteiger partial charge in [-0.25, -0.2) is 18.1 Å². The Labute approximate surface area is 116 Å². The fourth-order valence-corrected chi connectivity index (χ4v) is 3.35. The number of nitrogens with two attached hydrogens (primary N) is 1. The van der Waals surface area contributed by atoms with Gasteiger partial charge in [-0.15, -0.1) is 11.3 Å². The number of benzene rings is 1. The van der Waals surface area contributed by atoms with Gasteiger partial charge in [0, 0.05) is 18.0 Å². The van der Waals surface area contributed by atoms with Gasteiger partial charge in [-0.2, -0.15) is 0 Å². The van der Waals surface area contributed by atoms with E-state index in [1.54, 1.807) is 29.8 Å².